The third-order valence-electron chi connectivity index (χ3n) is 15.6. The van der Waals surface area contributed by atoms with Gasteiger partial charge in [0.15, 0.2) is 0 Å². The number of hydrogen-bond acceptors (Lipinski definition) is 12. The quantitative estimate of drug-likeness (QED) is 0.0830. The largest absolute Gasteiger partial charge is 0.416 e. The van der Waals surface area contributed by atoms with Crippen LogP contribution in [-0.2, 0) is 39.6 Å². The van der Waals surface area contributed by atoms with Crippen LogP contribution in [0.1, 0.15) is 141 Å². The maximum atomic E-state index is 14.1. The molecule has 0 spiro atoms. The summed E-state index contributed by atoms with van der Waals surface area (Å²) in [5, 5.41) is 16.5. The molecule has 2 aliphatic heterocycles. The number of benzene rings is 1. The predicted octanol–water partition coefficient (Wildman–Crippen LogP) is 6.38. The van der Waals surface area contributed by atoms with Crippen molar-refractivity contribution in [3.8, 4) is 0 Å². The van der Waals surface area contributed by atoms with E-state index in [-0.39, 0.29) is 101 Å². The first-order valence-corrected chi connectivity index (χ1v) is 26.9. The molecule has 20 heteroatoms. The molecule has 0 bridgehead atoms. The summed E-state index contributed by atoms with van der Waals surface area (Å²) in [5.41, 5.74) is 0.214. The van der Waals surface area contributed by atoms with E-state index in [0.717, 1.165) is 49.8 Å². The fourth-order valence-electron chi connectivity index (χ4n) is 11.9. The van der Waals surface area contributed by atoms with Crippen molar-refractivity contribution in [3.05, 3.63) is 60.2 Å². The number of ether oxygens (including phenoxy) is 2. The van der Waals surface area contributed by atoms with Crippen molar-refractivity contribution < 1.29 is 46.6 Å². The maximum absolute atomic E-state index is 14.1. The van der Waals surface area contributed by atoms with E-state index in [1.165, 1.54) is 12.4 Å². The van der Waals surface area contributed by atoms with Crippen molar-refractivity contribution in [1.29, 1.82) is 0 Å². The van der Waals surface area contributed by atoms with Crippen LogP contribution in [0.3, 0.4) is 0 Å². The molecule has 4 heterocycles. The number of anilines is 1. The highest BCUT2D eigenvalue weighted by atomic mass is 19.4. The second-order valence-corrected chi connectivity index (χ2v) is 21.9. The molecule has 3 aromatic rings. The molecule has 6 atom stereocenters. The van der Waals surface area contributed by atoms with Crippen LogP contribution in [0.5, 0.6) is 0 Å². The van der Waals surface area contributed by atoms with Crippen LogP contribution in [-0.4, -0.2) is 135 Å². The van der Waals surface area contributed by atoms with Gasteiger partial charge in [0.05, 0.1) is 53.9 Å². The summed E-state index contributed by atoms with van der Waals surface area (Å²) in [4.78, 5) is 83.1. The molecule has 74 heavy (non-hydrogen) atoms. The van der Waals surface area contributed by atoms with Crippen LogP contribution in [0.15, 0.2) is 49.1 Å². The van der Waals surface area contributed by atoms with Gasteiger partial charge >= 0.3 is 6.18 Å². The minimum Gasteiger partial charge on any atom is -0.378 e. The van der Waals surface area contributed by atoms with Crippen molar-refractivity contribution in [2.75, 3.05) is 38.2 Å². The zero-order chi connectivity index (χ0) is 52.6. The Hall–Kier alpha value is -5.47. The maximum Gasteiger partial charge on any atom is 0.416 e. The number of fused-ring (bicyclic) bond motifs is 1. The number of amides is 5. The Morgan fingerprint density at radius 3 is 2.26 bits per heavy atom. The zero-order valence-corrected chi connectivity index (χ0v) is 43.3. The number of carbonyl (C=O) groups is 5. The smallest absolute Gasteiger partial charge is 0.378 e. The zero-order valence-electron chi connectivity index (χ0n) is 43.3. The Kier molecular flexibility index (Phi) is 18.1. The van der Waals surface area contributed by atoms with Gasteiger partial charge in [0.1, 0.15) is 18.2 Å². The molecule has 0 unspecified atom stereocenters. The molecule has 5 amide bonds. The molecule has 3 aliphatic carbocycles. The summed E-state index contributed by atoms with van der Waals surface area (Å²) in [5.74, 6) is -0.963. The average molecular weight is 1030 g/mol. The molecule has 2 saturated heterocycles. The Morgan fingerprint density at radius 1 is 0.838 bits per heavy atom. The van der Waals surface area contributed by atoms with Gasteiger partial charge in [-0.25, -0.2) is 9.97 Å². The number of halogens is 3. The van der Waals surface area contributed by atoms with Gasteiger partial charge < -0.3 is 45.9 Å². The predicted molar refractivity (Wildman–Crippen MR) is 271 cm³/mol. The minimum atomic E-state index is -4.55. The van der Waals surface area contributed by atoms with E-state index in [9.17, 15) is 37.1 Å². The van der Waals surface area contributed by atoms with Crippen LogP contribution < -0.4 is 26.6 Å². The van der Waals surface area contributed by atoms with Gasteiger partial charge in [-0.2, -0.15) is 13.2 Å². The van der Waals surface area contributed by atoms with Crippen LogP contribution in [0, 0.1) is 11.8 Å². The third-order valence-corrected chi connectivity index (χ3v) is 15.6. The molecular formula is C54H75F3N10O7. The van der Waals surface area contributed by atoms with Crippen molar-refractivity contribution in [2.24, 2.45) is 11.8 Å². The van der Waals surface area contributed by atoms with Gasteiger partial charge in [-0.15, -0.1) is 0 Å². The van der Waals surface area contributed by atoms with E-state index in [0.29, 0.717) is 96.2 Å². The fourth-order valence-corrected chi connectivity index (χ4v) is 11.9. The van der Waals surface area contributed by atoms with Crippen molar-refractivity contribution >= 4 is 46.3 Å². The van der Waals surface area contributed by atoms with E-state index in [1.807, 2.05) is 24.0 Å². The molecule has 0 radical (unpaired) electrons. The van der Waals surface area contributed by atoms with Gasteiger partial charge in [-0.05, 0) is 141 Å². The Bertz CT molecular complexity index is 2410. The molecule has 2 aromatic heterocycles. The first-order chi connectivity index (χ1) is 35.4. The topological polar surface area (TPSA) is 209 Å². The lowest BCUT2D eigenvalue weighted by molar-refractivity contribution is -0.137. The lowest BCUT2D eigenvalue weighted by atomic mass is 9.82. The molecular weight excluding hydrogens is 958 g/mol. The van der Waals surface area contributed by atoms with Gasteiger partial charge in [0, 0.05) is 80.4 Å². The summed E-state index contributed by atoms with van der Waals surface area (Å²) in [6.07, 6.45) is 10.1. The summed E-state index contributed by atoms with van der Waals surface area (Å²) in [6, 6.07) is 5.53. The molecule has 5 N–H and O–H groups in total. The van der Waals surface area contributed by atoms with E-state index < -0.39 is 23.7 Å². The standard InChI is InChI=1S/C54H75F3N10O7/c1-5-66-47(69)30-41(48(66)34-8-6-23-58-31-34)51(71)59-24-27-74-39-18-16-38(17-19-39)73-26-7-9-46(68)62-36-13-10-33(11-14-36)50(70)64-44-29-37(65-53(2,3)4)15-21-45(44)67-25-22-43(52(67)72)63-49-40-28-35(54(55,56)57)12-20-42(40)60-32-61-49/h6,8,12,20,23,28,31-33,36-39,41,43-45,48,65H,5,7,9-11,13-19,21-22,24-27,29-30H2,1-4H3,(H,59,71)(H,62,68)(H,64,70)(H,60,61,63)/t33-,36-,37-,38-,39-,41+,43+,44-,45+,48-/m1/s1. The van der Waals surface area contributed by atoms with Gasteiger partial charge in [0.25, 0.3) is 0 Å². The van der Waals surface area contributed by atoms with E-state index >= 15 is 0 Å². The number of carbonyl (C=O) groups excluding carboxylic acids is 5. The minimum absolute atomic E-state index is 0.0142. The second kappa shape index (κ2) is 24.5. The fraction of sp³-hybridized carbons (Fsp3) is 0.667. The lowest BCUT2D eigenvalue weighted by Crippen LogP contribution is -2.60. The molecule has 1 aromatic carbocycles. The number of rotatable bonds is 19. The van der Waals surface area contributed by atoms with Gasteiger partial charge in [0.2, 0.25) is 29.5 Å². The molecule has 404 valence electrons. The van der Waals surface area contributed by atoms with Crippen LogP contribution in [0.2, 0.25) is 0 Å². The lowest BCUT2D eigenvalue weighted by Gasteiger charge is -2.43. The molecule has 5 fully saturated rings. The second-order valence-electron chi connectivity index (χ2n) is 21.9. The molecule has 17 nitrogen and oxygen atoms in total. The highest BCUT2D eigenvalue weighted by Gasteiger charge is 2.45. The number of likely N-dealkylation sites (tertiary alicyclic amines) is 2. The Balaban J connectivity index is 0.722. The normalized spacial score (nSPS) is 27.8. The molecule has 8 rings (SSSR count). The molecule has 3 saturated carbocycles. The molecule has 5 aliphatic rings. The summed E-state index contributed by atoms with van der Waals surface area (Å²) in [6.45, 7) is 10.4. The SMILES string of the molecule is CCN1C(=O)C[C@H](C(=O)NCCO[C@H]2CC[C@H](OCCCC(=O)N[C@H]3CC[C@H](C(=O)N[C@@H]4C[C@H](NC(C)(C)C)CC[C@@H]4N4CC[C@H](Nc5ncnc6ccc(C(F)(F)F)cc56)C4=O)CC3)CC2)[C@H]1c1cccnc1. The third kappa shape index (κ3) is 14.1. The van der Waals surface area contributed by atoms with E-state index in [4.69, 9.17) is 9.47 Å². The highest BCUT2D eigenvalue weighted by molar-refractivity contribution is 5.93. The van der Waals surface area contributed by atoms with Crippen LogP contribution in [0.25, 0.3) is 10.9 Å². The van der Waals surface area contributed by atoms with Gasteiger partial charge in [-0.1, -0.05) is 6.07 Å². The Labute approximate surface area is 432 Å². The van der Waals surface area contributed by atoms with Crippen LogP contribution in [0.4, 0.5) is 19.0 Å². The summed E-state index contributed by atoms with van der Waals surface area (Å²) >= 11 is 0. The van der Waals surface area contributed by atoms with Crippen LogP contribution >= 0.6 is 0 Å². The average Bonchev–Trinajstić information content (AvgIpc) is 3.91. The van der Waals surface area contributed by atoms with Gasteiger partial charge in [-0.3, -0.25) is 29.0 Å². The van der Waals surface area contributed by atoms with Crippen molar-refractivity contribution in [3.63, 3.8) is 0 Å². The monoisotopic (exact) mass is 1030 g/mol. The first kappa shape index (κ1) is 54.8. The number of aromatic nitrogens is 3. The number of hydrogen-bond donors (Lipinski definition) is 5. The number of nitrogens with zero attached hydrogens (tertiary/aromatic N) is 5. The van der Waals surface area contributed by atoms with E-state index in [1.54, 1.807) is 17.3 Å². The first-order valence-electron chi connectivity index (χ1n) is 26.9. The van der Waals surface area contributed by atoms with Crippen molar-refractivity contribution in [1.82, 2.24) is 46.0 Å². The highest BCUT2D eigenvalue weighted by Crippen LogP contribution is 2.38. The number of pyridine rings is 1. The van der Waals surface area contributed by atoms with Crippen molar-refractivity contribution in [2.45, 2.75) is 184 Å². The summed E-state index contributed by atoms with van der Waals surface area (Å²) in [7, 11) is 0. The number of alkyl halides is 3. The number of nitrogens with one attached hydrogen (secondary N) is 5. The van der Waals surface area contributed by atoms with E-state index in [2.05, 4.69) is 62.3 Å². The Morgan fingerprint density at radius 2 is 1.57 bits per heavy atom. The summed E-state index contributed by atoms with van der Waals surface area (Å²) < 4.78 is 53.1.